The summed E-state index contributed by atoms with van der Waals surface area (Å²) in [6, 6.07) is 0.673. The van der Waals surface area contributed by atoms with Gasteiger partial charge in [0.25, 0.3) is 0 Å². The van der Waals surface area contributed by atoms with Crippen LogP contribution in [0.2, 0.25) is 0 Å². The Balaban J connectivity index is 0.00000169. The zero-order valence-corrected chi connectivity index (χ0v) is 17.0. The Bertz CT molecular complexity index is 456. The van der Waals surface area contributed by atoms with E-state index in [0.717, 1.165) is 52.0 Å². The van der Waals surface area contributed by atoms with Crippen LogP contribution in [0.4, 0.5) is 0 Å². The van der Waals surface area contributed by atoms with Gasteiger partial charge in [-0.05, 0) is 32.2 Å². The number of halogens is 1. The van der Waals surface area contributed by atoms with Gasteiger partial charge >= 0.3 is 0 Å². The summed E-state index contributed by atoms with van der Waals surface area (Å²) >= 11 is 0. The predicted molar refractivity (Wildman–Crippen MR) is 105 cm³/mol. The second-order valence-electron chi connectivity index (χ2n) is 7.65. The summed E-state index contributed by atoms with van der Waals surface area (Å²) in [6.07, 6.45) is 5.34. The van der Waals surface area contributed by atoms with Crippen molar-refractivity contribution in [1.82, 2.24) is 15.1 Å². The van der Waals surface area contributed by atoms with Crippen LogP contribution < -0.4 is 5.32 Å². The van der Waals surface area contributed by atoms with E-state index in [1.54, 1.807) is 0 Å². The zero-order chi connectivity index (χ0) is 15.7. The third kappa shape index (κ3) is 3.83. The van der Waals surface area contributed by atoms with Crippen LogP contribution in [0.1, 0.15) is 25.7 Å². The van der Waals surface area contributed by atoms with Crippen LogP contribution >= 0.6 is 24.0 Å². The Morgan fingerprint density at radius 1 is 1.33 bits per heavy atom. The lowest BCUT2D eigenvalue weighted by molar-refractivity contribution is -0.0454. The van der Waals surface area contributed by atoms with Crippen LogP contribution in [-0.4, -0.2) is 87.5 Å². The summed E-state index contributed by atoms with van der Waals surface area (Å²) in [7, 11) is 1.89. The first-order valence-electron chi connectivity index (χ1n) is 9.17. The Labute approximate surface area is 162 Å². The van der Waals surface area contributed by atoms with Crippen LogP contribution in [0.15, 0.2) is 4.99 Å². The van der Waals surface area contributed by atoms with Crippen LogP contribution in [0.5, 0.6) is 0 Å². The van der Waals surface area contributed by atoms with Gasteiger partial charge in [0.15, 0.2) is 5.96 Å². The molecule has 0 bridgehead atoms. The molecular formula is C17H31IN4O2. The van der Waals surface area contributed by atoms with Crippen LogP contribution in [0.25, 0.3) is 0 Å². The highest BCUT2D eigenvalue weighted by molar-refractivity contribution is 14.0. The lowest BCUT2D eigenvalue weighted by Crippen LogP contribution is -2.51. The van der Waals surface area contributed by atoms with E-state index in [9.17, 15) is 0 Å². The summed E-state index contributed by atoms with van der Waals surface area (Å²) in [5.41, 5.74) is 0.377. The molecule has 0 aliphatic carbocycles. The number of likely N-dealkylation sites (tertiary alicyclic amines) is 1. The Morgan fingerprint density at radius 3 is 3.04 bits per heavy atom. The maximum Gasteiger partial charge on any atom is 0.193 e. The highest BCUT2D eigenvalue weighted by Crippen LogP contribution is 2.38. The highest BCUT2D eigenvalue weighted by atomic mass is 127. The fourth-order valence-corrected chi connectivity index (χ4v) is 4.63. The van der Waals surface area contributed by atoms with Crippen LogP contribution in [0.3, 0.4) is 0 Å². The minimum absolute atomic E-state index is 0. The Hall–Kier alpha value is -0.120. The standard InChI is InChI=1S/C17H30N4O2.HI/c1-18-16(21-7-4-17(12-21)5-8-22-13-17)19-9-15-10-20-6-2-3-14(20)11-23-15;/h14-15H,2-13H2,1H3,(H,18,19);1H. The van der Waals surface area contributed by atoms with Crippen molar-refractivity contribution < 1.29 is 9.47 Å². The number of rotatable bonds is 2. The molecule has 0 aromatic rings. The van der Waals surface area contributed by atoms with Crippen LogP contribution in [0, 0.1) is 5.41 Å². The van der Waals surface area contributed by atoms with Gasteiger partial charge < -0.3 is 19.7 Å². The number of hydrogen-bond donors (Lipinski definition) is 1. The second kappa shape index (κ2) is 8.05. The van der Waals surface area contributed by atoms with Gasteiger partial charge in [-0.1, -0.05) is 0 Å². The fraction of sp³-hybridized carbons (Fsp3) is 0.941. The summed E-state index contributed by atoms with van der Waals surface area (Å²) in [6.45, 7) is 8.07. The normalized spacial score (nSPS) is 36.9. The van der Waals surface area contributed by atoms with E-state index in [2.05, 4.69) is 20.1 Å². The van der Waals surface area contributed by atoms with Crippen molar-refractivity contribution >= 4 is 29.9 Å². The summed E-state index contributed by atoms with van der Waals surface area (Å²) in [5.74, 6) is 1.03. The van der Waals surface area contributed by atoms with E-state index in [0.29, 0.717) is 11.5 Å². The van der Waals surface area contributed by atoms with Gasteiger partial charge in [-0.3, -0.25) is 9.89 Å². The molecule has 4 aliphatic heterocycles. The van der Waals surface area contributed by atoms with Gasteiger partial charge in [0.05, 0.1) is 19.3 Å². The molecule has 6 nitrogen and oxygen atoms in total. The van der Waals surface area contributed by atoms with E-state index in [1.165, 1.54) is 32.2 Å². The van der Waals surface area contributed by atoms with E-state index in [1.807, 2.05) is 7.05 Å². The van der Waals surface area contributed by atoms with Crippen molar-refractivity contribution in [3.05, 3.63) is 0 Å². The maximum absolute atomic E-state index is 6.05. The molecule has 0 amide bonds. The molecule has 4 fully saturated rings. The molecule has 1 N–H and O–H groups in total. The molecule has 3 unspecified atom stereocenters. The maximum atomic E-state index is 6.05. The molecule has 4 heterocycles. The number of nitrogens with zero attached hydrogens (tertiary/aromatic N) is 3. The highest BCUT2D eigenvalue weighted by Gasteiger charge is 2.42. The van der Waals surface area contributed by atoms with E-state index >= 15 is 0 Å². The topological polar surface area (TPSA) is 49.3 Å². The fourth-order valence-electron chi connectivity index (χ4n) is 4.63. The quantitative estimate of drug-likeness (QED) is 0.389. The monoisotopic (exact) mass is 450 g/mol. The molecule has 0 saturated carbocycles. The van der Waals surface area contributed by atoms with Crippen molar-refractivity contribution in [1.29, 1.82) is 0 Å². The number of fused-ring (bicyclic) bond motifs is 1. The van der Waals surface area contributed by atoms with Crippen molar-refractivity contribution in [2.24, 2.45) is 10.4 Å². The Morgan fingerprint density at radius 2 is 2.25 bits per heavy atom. The van der Waals surface area contributed by atoms with Crippen LogP contribution in [-0.2, 0) is 9.47 Å². The van der Waals surface area contributed by atoms with Gasteiger partial charge in [0, 0.05) is 51.3 Å². The molecule has 1 spiro atoms. The molecule has 4 saturated heterocycles. The number of aliphatic imine (C=N–C) groups is 1. The molecule has 4 rings (SSSR count). The van der Waals surface area contributed by atoms with Crippen molar-refractivity contribution in [3.63, 3.8) is 0 Å². The minimum Gasteiger partial charge on any atom is -0.381 e. The molecule has 4 aliphatic rings. The van der Waals surface area contributed by atoms with Crippen molar-refractivity contribution in [2.75, 3.05) is 59.6 Å². The molecule has 138 valence electrons. The van der Waals surface area contributed by atoms with Gasteiger partial charge in [0.2, 0.25) is 0 Å². The SMILES string of the molecule is CN=C(NCC1CN2CCCC2CO1)N1CCC2(CCOC2)C1.I. The summed E-state index contributed by atoms with van der Waals surface area (Å²) < 4.78 is 11.7. The lowest BCUT2D eigenvalue weighted by atomic mass is 9.87. The third-order valence-corrected chi connectivity index (χ3v) is 6.08. The molecule has 0 aromatic carbocycles. The molecule has 24 heavy (non-hydrogen) atoms. The first-order valence-corrected chi connectivity index (χ1v) is 9.17. The Kier molecular flexibility index (Phi) is 6.26. The van der Waals surface area contributed by atoms with Gasteiger partial charge in [-0.15, -0.1) is 24.0 Å². The molecule has 0 radical (unpaired) electrons. The zero-order valence-electron chi connectivity index (χ0n) is 14.7. The largest absolute Gasteiger partial charge is 0.381 e. The average molecular weight is 450 g/mol. The second-order valence-corrected chi connectivity index (χ2v) is 7.65. The smallest absolute Gasteiger partial charge is 0.193 e. The predicted octanol–water partition coefficient (Wildman–Crippen LogP) is 1.16. The third-order valence-electron chi connectivity index (χ3n) is 6.08. The molecule has 3 atom stereocenters. The van der Waals surface area contributed by atoms with Crippen molar-refractivity contribution in [3.8, 4) is 0 Å². The van der Waals surface area contributed by atoms with Crippen molar-refractivity contribution in [2.45, 2.75) is 37.8 Å². The van der Waals surface area contributed by atoms with Gasteiger partial charge in [-0.2, -0.15) is 0 Å². The lowest BCUT2D eigenvalue weighted by Gasteiger charge is -2.36. The van der Waals surface area contributed by atoms with Gasteiger partial charge in [0.1, 0.15) is 0 Å². The number of morpholine rings is 1. The first kappa shape index (κ1) is 18.7. The average Bonchev–Trinajstić information content (AvgIpc) is 3.30. The molecule has 0 aromatic heterocycles. The van der Waals surface area contributed by atoms with Gasteiger partial charge in [-0.25, -0.2) is 0 Å². The van der Waals surface area contributed by atoms with E-state index in [4.69, 9.17) is 9.47 Å². The molecule has 7 heteroatoms. The van der Waals surface area contributed by atoms with E-state index in [-0.39, 0.29) is 30.1 Å². The number of nitrogens with one attached hydrogen (secondary N) is 1. The van der Waals surface area contributed by atoms with E-state index < -0.39 is 0 Å². The number of hydrogen-bond acceptors (Lipinski definition) is 4. The number of ether oxygens (including phenoxy) is 2. The minimum atomic E-state index is 0. The molecular weight excluding hydrogens is 419 g/mol. The number of guanidine groups is 1. The first-order chi connectivity index (χ1) is 11.3. The summed E-state index contributed by atoms with van der Waals surface area (Å²) in [5, 5.41) is 3.55. The summed E-state index contributed by atoms with van der Waals surface area (Å²) in [4.78, 5) is 9.49.